The number of halogens is 3. The zero-order valence-corrected chi connectivity index (χ0v) is 12.8. The van der Waals surface area contributed by atoms with Gasteiger partial charge < -0.3 is 15.3 Å². The van der Waals surface area contributed by atoms with E-state index in [1.54, 1.807) is 0 Å². The van der Waals surface area contributed by atoms with Crippen LogP contribution in [0.4, 0.5) is 13.2 Å². The van der Waals surface area contributed by atoms with Crippen molar-refractivity contribution in [2.75, 3.05) is 5.75 Å². The lowest BCUT2D eigenvalue weighted by molar-refractivity contribution is -0.140. The average Bonchev–Trinajstić information content (AvgIpc) is 2.44. The van der Waals surface area contributed by atoms with E-state index in [9.17, 15) is 33.0 Å². The molecule has 5 nitrogen and oxygen atoms in total. The molecule has 9 heteroatoms. The van der Waals surface area contributed by atoms with Gasteiger partial charge in [0.05, 0.1) is 17.2 Å². The molecule has 0 amide bonds. The number of carbonyl (C=O) groups excluding carboxylic acids is 1. The van der Waals surface area contributed by atoms with Crippen LogP contribution in [0.5, 0.6) is 0 Å². The summed E-state index contributed by atoms with van der Waals surface area (Å²) >= 11 is 0.878. The highest BCUT2D eigenvalue weighted by Gasteiger charge is 2.37. The SMILES string of the molecule is CC(=O)SCCC(O)C(O)c1ccc(C(=O)O)cc1C(F)(F)F. The minimum atomic E-state index is -4.88. The molecule has 23 heavy (non-hydrogen) atoms. The standard InChI is InChI=1S/C14H15F3O5S/c1-7(18)23-5-4-11(19)12(20)9-3-2-8(13(21)22)6-10(9)14(15,16)17/h2-3,6,11-12,19-20H,4-5H2,1H3,(H,21,22). The van der Waals surface area contributed by atoms with E-state index in [-0.39, 0.29) is 17.3 Å². The molecule has 1 aromatic rings. The zero-order valence-electron chi connectivity index (χ0n) is 12.0. The van der Waals surface area contributed by atoms with Crippen LogP contribution in [-0.4, -0.2) is 38.3 Å². The highest BCUT2D eigenvalue weighted by atomic mass is 32.2. The number of carboxylic acids is 1. The van der Waals surface area contributed by atoms with Gasteiger partial charge in [0.25, 0.3) is 0 Å². The van der Waals surface area contributed by atoms with E-state index in [1.807, 2.05) is 0 Å². The van der Waals surface area contributed by atoms with E-state index in [4.69, 9.17) is 5.11 Å². The lowest BCUT2D eigenvalue weighted by atomic mass is 9.95. The minimum Gasteiger partial charge on any atom is -0.478 e. The molecule has 2 atom stereocenters. The van der Waals surface area contributed by atoms with Gasteiger partial charge in [-0.15, -0.1) is 0 Å². The second-order valence-electron chi connectivity index (χ2n) is 4.75. The second kappa shape index (κ2) is 7.80. The van der Waals surface area contributed by atoms with Crippen LogP contribution >= 0.6 is 11.8 Å². The first kappa shape index (κ1) is 19.5. The first-order chi connectivity index (χ1) is 10.5. The highest BCUT2D eigenvalue weighted by molar-refractivity contribution is 8.13. The van der Waals surface area contributed by atoms with Gasteiger partial charge >= 0.3 is 12.1 Å². The Morgan fingerprint density at radius 3 is 2.35 bits per heavy atom. The Morgan fingerprint density at radius 2 is 1.87 bits per heavy atom. The lowest BCUT2D eigenvalue weighted by Crippen LogP contribution is -2.23. The molecule has 128 valence electrons. The zero-order chi connectivity index (χ0) is 17.8. The van der Waals surface area contributed by atoms with Gasteiger partial charge in [0.1, 0.15) is 6.10 Å². The smallest absolute Gasteiger partial charge is 0.416 e. The van der Waals surface area contributed by atoms with Crippen molar-refractivity contribution in [1.29, 1.82) is 0 Å². The molecule has 1 rings (SSSR count). The summed E-state index contributed by atoms with van der Waals surface area (Å²) in [5.74, 6) is -1.39. The van der Waals surface area contributed by atoms with E-state index in [1.165, 1.54) is 6.92 Å². The van der Waals surface area contributed by atoms with Crippen LogP contribution in [0.3, 0.4) is 0 Å². The molecule has 0 heterocycles. The average molecular weight is 352 g/mol. The number of carboxylic acid groups (broad SMARTS) is 1. The van der Waals surface area contributed by atoms with Crippen molar-refractivity contribution < 1.29 is 38.1 Å². The van der Waals surface area contributed by atoms with Gasteiger partial charge in [0.2, 0.25) is 0 Å². The summed E-state index contributed by atoms with van der Waals surface area (Å²) < 4.78 is 39.1. The minimum absolute atomic E-state index is 0.0939. The topological polar surface area (TPSA) is 94.8 Å². The molecule has 0 saturated carbocycles. The first-order valence-corrected chi connectivity index (χ1v) is 7.46. The van der Waals surface area contributed by atoms with Gasteiger partial charge in [-0.1, -0.05) is 17.8 Å². The number of hydrogen-bond acceptors (Lipinski definition) is 5. The number of aliphatic hydroxyl groups is 2. The Hall–Kier alpha value is -1.58. The van der Waals surface area contributed by atoms with Gasteiger partial charge in [-0.25, -0.2) is 4.79 Å². The fourth-order valence-corrected chi connectivity index (χ4v) is 2.53. The van der Waals surface area contributed by atoms with Gasteiger partial charge in [0.15, 0.2) is 5.12 Å². The molecule has 0 aliphatic rings. The molecule has 0 aliphatic heterocycles. The summed E-state index contributed by atoms with van der Waals surface area (Å²) in [6.45, 7) is 1.31. The molecular weight excluding hydrogens is 337 g/mol. The molecule has 3 N–H and O–H groups in total. The summed E-state index contributed by atoms with van der Waals surface area (Å²) in [5, 5.41) is 28.3. The lowest BCUT2D eigenvalue weighted by Gasteiger charge is -2.22. The Bertz CT molecular complexity index is 588. The van der Waals surface area contributed by atoms with Gasteiger partial charge in [-0.3, -0.25) is 4.79 Å². The van der Waals surface area contributed by atoms with Crippen LogP contribution in [0, 0.1) is 0 Å². The van der Waals surface area contributed by atoms with Crippen molar-refractivity contribution in [3.05, 3.63) is 34.9 Å². The van der Waals surface area contributed by atoms with Crippen LogP contribution in [0.15, 0.2) is 18.2 Å². The third-order valence-electron chi connectivity index (χ3n) is 3.01. The molecule has 0 fully saturated rings. The third kappa shape index (κ3) is 5.52. The summed E-state index contributed by atoms with van der Waals surface area (Å²) in [6, 6.07) is 2.17. The molecule has 0 saturated heterocycles. The van der Waals surface area contributed by atoms with Crippen molar-refractivity contribution in [2.45, 2.75) is 31.7 Å². The van der Waals surface area contributed by atoms with Gasteiger partial charge in [0, 0.05) is 12.7 Å². The number of benzene rings is 1. The Morgan fingerprint density at radius 1 is 1.26 bits per heavy atom. The number of thioether (sulfide) groups is 1. The van der Waals surface area contributed by atoms with Crippen LogP contribution in [0.1, 0.15) is 40.9 Å². The molecule has 0 spiro atoms. The number of alkyl halides is 3. The van der Waals surface area contributed by atoms with E-state index in [0.29, 0.717) is 6.07 Å². The van der Waals surface area contributed by atoms with E-state index < -0.39 is 41.0 Å². The summed E-state index contributed by atoms with van der Waals surface area (Å²) in [7, 11) is 0. The predicted molar refractivity (Wildman–Crippen MR) is 77.1 cm³/mol. The molecule has 0 aromatic heterocycles. The summed E-state index contributed by atoms with van der Waals surface area (Å²) in [4.78, 5) is 21.6. The Labute approximate surface area is 134 Å². The predicted octanol–water partition coefficient (Wildman–Crippen LogP) is 2.47. The van der Waals surface area contributed by atoms with E-state index >= 15 is 0 Å². The summed E-state index contributed by atoms with van der Waals surface area (Å²) in [6.07, 6.45) is -8.33. The number of hydrogen-bond donors (Lipinski definition) is 3. The number of aromatic carboxylic acids is 1. The maximum atomic E-state index is 13.0. The van der Waals surface area contributed by atoms with Gasteiger partial charge in [-0.05, 0) is 24.1 Å². The Kier molecular flexibility index (Phi) is 6.60. The molecule has 0 aliphatic carbocycles. The van der Waals surface area contributed by atoms with Gasteiger partial charge in [-0.2, -0.15) is 13.2 Å². The second-order valence-corrected chi connectivity index (χ2v) is 6.02. The molecule has 1 aromatic carbocycles. The van der Waals surface area contributed by atoms with Crippen LogP contribution < -0.4 is 0 Å². The Balaban J connectivity index is 3.05. The van der Waals surface area contributed by atoms with Crippen LogP contribution in [0.25, 0.3) is 0 Å². The first-order valence-electron chi connectivity index (χ1n) is 6.48. The van der Waals surface area contributed by atoms with Crippen molar-refractivity contribution in [2.24, 2.45) is 0 Å². The van der Waals surface area contributed by atoms with Crippen molar-refractivity contribution >= 4 is 22.8 Å². The highest BCUT2D eigenvalue weighted by Crippen LogP contribution is 2.36. The largest absolute Gasteiger partial charge is 0.478 e. The summed E-state index contributed by atoms with van der Waals surface area (Å²) in [5.41, 5.74) is -2.50. The number of rotatable bonds is 6. The number of aliphatic hydroxyl groups excluding tert-OH is 2. The fraction of sp³-hybridized carbons (Fsp3) is 0.429. The quantitative estimate of drug-likeness (QED) is 0.728. The van der Waals surface area contributed by atoms with Crippen molar-refractivity contribution in [3.63, 3.8) is 0 Å². The molecule has 0 radical (unpaired) electrons. The third-order valence-corrected chi connectivity index (χ3v) is 3.85. The molecular formula is C14H15F3O5S. The van der Waals surface area contributed by atoms with Crippen molar-refractivity contribution in [1.82, 2.24) is 0 Å². The molecule has 2 unspecified atom stereocenters. The van der Waals surface area contributed by atoms with E-state index in [2.05, 4.69) is 0 Å². The monoisotopic (exact) mass is 352 g/mol. The van der Waals surface area contributed by atoms with Crippen molar-refractivity contribution in [3.8, 4) is 0 Å². The number of carbonyl (C=O) groups is 2. The fourth-order valence-electron chi connectivity index (χ4n) is 1.88. The normalized spacial score (nSPS) is 14.3. The van der Waals surface area contributed by atoms with E-state index in [0.717, 1.165) is 23.9 Å². The van der Waals surface area contributed by atoms with Crippen LogP contribution in [0.2, 0.25) is 0 Å². The maximum absolute atomic E-state index is 13.0. The molecule has 0 bridgehead atoms. The maximum Gasteiger partial charge on any atom is 0.416 e. The van der Waals surface area contributed by atoms with Crippen LogP contribution in [-0.2, 0) is 11.0 Å².